The number of fused-ring (bicyclic) bond motifs is 7. The van der Waals surface area contributed by atoms with E-state index in [1.165, 1.54) is 16.5 Å². The van der Waals surface area contributed by atoms with Crippen LogP contribution in [0.2, 0.25) is 0 Å². The van der Waals surface area contributed by atoms with Gasteiger partial charge in [-0.05, 0) is 94.8 Å². The van der Waals surface area contributed by atoms with Crippen LogP contribution in [0.3, 0.4) is 0 Å². The van der Waals surface area contributed by atoms with Gasteiger partial charge in [-0.2, -0.15) is 0 Å². The van der Waals surface area contributed by atoms with Crippen molar-refractivity contribution in [1.82, 2.24) is 9.55 Å². The summed E-state index contributed by atoms with van der Waals surface area (Å²) in [5, 5.41) is 2.36. The molecule has 6 aromatic carbocycles. The summed E-state index contributed by atoms with van der Waals surface area (Å²) in [5.74, 6) is 5.52. The molecule has 0 radical (unpaired) electrons. The van der Waals surface area contributed by atoms with Crippen LogP contribution in [0.1, 0.15) is 52.7 Å². The Bertz CT molecular complexity index is 2990. The number of rotatable bonds is 5. The van der Waals surface area contributed by atoms with E-state index < -0.39 is 0 Å². The maximum Gasteiger partial charge on any atom is 0.157 e. The molecule has 0 spiro atoms. The highest BCUT2D eigenvalue weighted by Crippen LogP contribution is 2.60. The fraction of sp³-hybridized carbons (Fsp3) is 0.173. The first-order valence-corrected chi connectivity index (χ1v) is 20.5. The maximum atomic E-state index is 6.67. The Hall–Kier alpha value is -7.19. The van der Waals surface area contributed by atoms with E-state index in [4.69, 9.17) is 19.2 Å². The number of pyridine rings is 1. The second-order valence-corrected chi connectivity index (χ2v) is 17.9. The van der Waals surface area contributed by atoms with Gasteiger partial charge in [-0.15, -0.1) is 0 Å². The van der Waals surface area contributed by atoms with Gasteiger partial charge in [0.05, 0.1) is 29.1 Å². The first-order chi connectivity index (χ1) is 29.0. The molecule has 0 unspecified atom stereocenters. The SMILES string of the molecule is CC(C)(C)c1ccnc(-n2c3ccc(C(C)(C)C)cc3c3ccc(Oc4cccc(N5C=CN(c6cc7c8c(c6)Oc6ccccc6N8c6ccccc6O7)C5)c4)cc32)c1. The standard InChI is InChI=1S/C52H45N5O3/c1-51(2,3)33-18-21-41-40(26-33)39-20-19-38(31-44(39)56(41)49-27-34(22-23-53-49)52(4,5)6)58-37-13-11-12-35(28-37)54-24-25-55(32-54)36-29-47-50-48(30-36)60-46-17-10-8-15-43(46)57(50)42-14-7-9-16-45(42)59-47/h7-31H,32H2,1-6H3. The Morgan fingerprint density at radius 3 is 1.88 bits per heavy atom. The third-order valence-corrected chi connectivity index (χ3v) is 11.8. The van der Waals surface area contributed by atoms with E-state index in [9.17, 15) is 0 Å². The third-order valence-electron chi connectivity index (χ3n) is 11.8. The quantitative estimate of drug-likeness (QED) is 0.172. The van der Waals surface area contributed by atoms with Crippen LogP contribution in [0.25, 0.3) is 27.6 Å². The van der Waals surface area contributed by atoms with Crippen molar-refractivity contribution in [2.75, 3.05) is 21.4 Å². The largest absolute Gasteiger partial charge is 0.457 e. The number of nitrogens with zero attached hydrogens (tertiary/aromatic N) is 5. The van der Waals surface area contributed by atoms with Gasteiger partial charge in [0.1, 0.15) is 23.0 Å². The van der Waals surface area contributed by atoms with Crippen molar-refractivity contribution in [1.29, 1.82) is 0 Å². The molecule has 0 aliphatic carbocycles. The summed E-state index contributed by atoms with van der Waals surface area (Å²) in [7, 11) is 0. The zero-order valence-electron chi connectivity index (χ0n) is 34.6. The molecule has 3 aliphatic rings. The predicted octanol–water partition coefficient (Wildman–Crippen LogP) is 14.0. The Morgan fingerprint density at radius 2 is 1.18 bits per heavy atom. The maximum absolute atomic E-state index is 6.67. The molecule has 0 amide bonds. The van der Waals surface area contributed by atoms with Crippen molar-refractivity contribution in [3.8, 4) is 40.3 Å². The van der Waals surface area contributed by atoms with Gasteiger partial charge < -0.3 is 24.0 Å². The minimum absolute atomic E-state index is 0.0161. The summed E-state index contributed by atoms with van der Waals surface area (Å²) in [6.45, 7) is 14.1. The van der Waals surface area contributed by atoms with Crippen LogP contribution < -0.4 is 28.9 Å². The van der Waals surface area contributed by atoms with Crippen molar-refractivity contribution < 1.29 is 14.2 Å². The topological polar surface area (TPSA) is 55.2 Å². The molecule has 8 aromatic rings. The number of benzene rings is 6. The molecule has 3 aliphatic heterocycles. The van der Waals surface area contributed by atoms with E-state index in [-0.39, 0.29) is 10.8 Å². The number of para-hydroxylation sites is 4. The lowest BCUT2D eigenvalue weighted by Gasteiger charge is -2.38. The lowest BCUT2D eigenvalue weighted by atomic mass is 9.86. The molecule has 8 nitrogen and oxygen atoms in total. The summed E-state index contributed by atoms with van der Waals surface area (Å²) in [4.78, 5) is 11.6. The molecule has 8 heteroatoms. The molecule has 0 saturated carbocycles. The van der Waals surface area contributed by atoms with Crippen molar-refractivity contribution in [3.05, 3.63) is 163 Å². The zero-order valence-corrected chi connectivity index (χ0v) is 34.6. The van der Waals surface area contributed by atoms with E-state index in [0.29, 0.717) is 6.67 Å². The van der Waals surface area contributed by atoms with Gasteiger partial charge in [0, 0.05) is 65.0 Å². The van der Waals surface area contributed by atoms with Gasteiger partial charge >= 0.3 is 0 Å². The summed E-state index contributed by atoms with van der Waals surface area (Å²) < 4.78 is 22.0. The highest BCUT2D eigenvalue weighted by Gasteiger charge is 2.35. The van der Waals surface area contributed by atoms with Gasteiger partial charge in [0.15, 0.2) is 23.0 Å². The van der Waals surface area contributed by atoms with Gasteiger partial charge in [-0.1, -0.05) is 77.9 Å². The number of hydrogen-bond donors (Lipinski definition) is 0. The average molecular weight is 788 g/mol. The summed E-state index contributed by atoms with van der Waals surface area (Å²) in [5.41, 5.74) is 9.57. The van der Waals surface area contributed by atoms with E-state index in [1.807, 2.05) is 54.7 Å². The van der Waals surface area contributed by atoms with E-state index in [1.54, 1.807) is 0 Å². The smallest absolute Gasteiger partial charge is 0.157 e. The molecule has 11 rings (SSSR count). The highest BCUT2D eigenvalue weighted by molar-refractivity contribution is 6.10. The van der Waals surface area contributed by atoms with Crippen LogP contribution in [0.5, 0.6) is 34.5 Å². The molecule has 0 fully saturated rings. The van der Waals surface area contributed by atoms with Gasteiger partial charge in [0.2, 0.25) is 0 Å². The molecular weight excluding hydrogens is 743 g/mol. The average Bonchev–Trinajstić information content (AvgIpc) is 3.86. The molecule has 296 valence electrons. The van der Waals surface area contributed by atoms with Crippen LogP contribution in [0, 0.1) is 0 Å². The Kier molecular flexibility index (Phi) is 7.88. The van der Waals surface area contributed by atoms with Crippen molar-refractivity contribution in [2.45, 2.75) is 52.4 Å². The Balaban J connectivity index is 0.898. The van der Waals surface area contributed by atoms with Gasteiger partial charge in [0.25, 0.3) is 0 Å². The van der Waals surface area contributed by atoms with Gasteiger partial charge in [-0.3, -0.25) is 9.47 Å². The van der Waals surface area contributed by atoms with E-state index >= 15 is 0 Å². The second-order valence-electron chi connectivity index (χ2n) is 17.9. The molecule has 0 N–H and O–H groups in total. The summed E-state index contributed by atoms with van der Waals surface area (Å²) in [6.07, 6.45) is 6.11. The van der Waals surface area contributed by atoms with Crippen LogP contribution in [-0.2, 0) is 10.8 Å². The van der Waals surface area contributed by atoms with Crippen LogP contribution in [0.4, 0.5) is 28.4 Å². The summed E-state index contributed by atoms with van der Waals surface area (Å²) >= 11 is 0. The highest BCUT2D eigenvalue weighted by atomic mass is 16.5. The Labute approximate surface area is 350 Å². The van der Waals surface area contributed by atoms with Crippen LogP contribution >= 0.6 is 0 Å². The predicted molar refractivity (Wildman–Crippen MR) is 243 cm³/mol. The first-order valence-electron chi connectivity index (χ1n) is 20.5. The second kappa shape index (κ2) is 13.2. The molecule has 0 bridgehead atoms. The third kappa shape index (κ3) is 5.93. The normalized spacial score (nSPS) is 14.2. The minimum Gasteiger partial charge on any atom is -0.457 e. The monoisotopic (exact) mass is 787 g/mol. The number of ether oxygens (including phenoxy) is 3. The summed E-state index contributed by atoms with van der Waals surface area (Å²) in [6, 6.07) is 46.3. The fourth-order valence-electron chi connectivity index (χ4n) is 8.58. The molecule has 0 saturated heterocycles. The molecule has 5 heterocycles. The molecule has 2 aromatic heterocycles. The van der Waals surface area contributed by atoms with Crippen molar-refractivity contribution in [2.24, 2.45) is 0 Å². The van der Waals surface area contributed by atoms with Crippen molar-refractivity contribution in [3.63, 3.8) is 0 Å². The first kappa shape index (κ1) is 35.9. The zero-order chi connectivity index (χ0) is 40.9. The minimum atomic E-state index is -0.0161. The van der Waals surface area contributed by atoms with E-state index in [0.717, 1.165) is 85.2 Å². The number of aromatic nitrogens is 2. The molecular formula is C52H45N5O3. The lowest BCUT2D eigenvalue weighted by Crippen LogP contribution is -2.25. The fourth-order valence-corrected chi connectivity index (χ4v) is 8.58. The lowest BCUT2D eigenvalue weighted by molar-refractivity contribution is 0.446. The van der Waals surface area contributed by atoms with Crippen LogP contribution in [-0.4, -0.2) is 16.2 Å². The Morgan fingerprint density at radius 1 is 0.533 bits per heavy atom. The van der Waals surface area contributed by atoms with E-state index in [2.05, 4.69) is 158 Å². The van der Waals surface area contributed by atoms with Gasteiger partial charge in [-0.25, -0.2) is 4.98 Å². The number of anilines is 5. The number of hydrogen-bond acceptors (Lipinski definition) is 7. The molecule has 0 atom stereocenters. The molecule has 60 heavy (non-hydrogen) atoms. The van der Waals surface area contributed by atoms with Crippen LogP contribution in [0.15, 0.2) is 152 Å². The van der Waals surface area contributed by atoms with Crippen molar-refractivity contribution >= 4 is 50.2 Å².